The van der Waals surface area contributed by atoms with E-state index in [1.54, 1.807) is 0 Å². The van der Waals surface area contributed by atoms with E-state index in [1.165, 1.54) is 5.56 Å². The molecule has 2 nitrogen and oxygen atoms in total. The highest BCUT2D eigenvalue weighted by molar-refractivity contribution is 6.30. The van der Waals surface area contributed by atoms with Crippen molar-refractivity contribution in [1.82, 2.24) is 0 Å². The molecule has 76 valence electrons. The van der Waals surface area contributed by atoms with Gasteiger partial charge < -0.3 is 10.5 Å². The molecule has 0 saturated carbocycles. The number of hydrogen-bond acceptors (Lipinski definition) is 2. The van der Waals surface area contributed by atoms with Crippen molar-refractivity contribution in [2.45, 2.75) is 13.3 Å². The van der Waals surface area contributed by atoms with Crippen LogP contribution in [0.3, 0.4) is 0 Å². The Bertz CT molecular complexity index is 351. The summed E-state index contributed by atoms with van der Waals surface area (Å²) in [6, 6.07) is 3.91. The molecule has 0 radical (unpaired) electrons. The molecule has 3 heteroatoms. The van der Waals surface area contributed by atoms with Gasteiger partial charge in [-0.05, 0) is 43.1 Å². The Labute approximate surface area is 89.0 Å². The van der Waals surface area contributed by atoms with Crippen LogP contribution in [0.2, 0.25) is 5.02 Å². The Morgan fingerprint density at radius 3 is 3.07 bits per heavy atom. The molecule has 0 aromatic heterocycles. The Hall–Kier alpha value is -0.730. The van der Waals surface area contributed by atoms with Crippen LogP contribution < -0.4 is 10.5 Å². The first-order valence-electron chi connectivity index (χ1n) is 4.82. The zero-order valence-electron chi connectivity index (χ0n) is 8.22. The minimum Gasteiger partial charge on any atom is -0.493 e. The van der Waals surface area contributed by atoms with Gasteiger partial charge in [0, 0.05) is 10.9 Å². The van der Waals surface area contributed by atoms with E-state index in [4.69, 9.17) is 22.1 Å². The maximum absolute atomic E-state index is 5.99. The van der Waals surface area contributed by atoms with E-state index in [0.29, 0.717) is 12.5 Å². The quantitative estimate of drug-likeness (QED) is 0.773. The zero-order chi connectivity index (χ0) is 10.1. The Morgan fingerprint density at radius 2 is 2.36 bits per heavy atom. The number of fused-ring (bicyclic) bond motifs is 1. The summed E-state index contributed by atoms with van der Waals surface area (Å²) < 4.78 is 5.67. The van der Waals surface area contributed by atoms with Crippen molar-refractivity contribution in [3.63, 3.8) is 0 Å². The van der Waals surface area contributed by atoms with Gasteiger partial charge in [0.1, 0.15) is 5.75 Å². The highest BCUT2D eigenvalue weighted by atomic mass is 35.5. The molecule has 0 fully saturated rings. The number of aryl methyl sites for hydroxylation is 1. The van der Waals surface area contributed by atoms with Crippen LogP contribution in [0, 0.1) is 12.8 Å². The second-order valence-electron chi connectivity index (χ2n) is 3.83. The second kappa shape index (κ2) is 3.79. The number of hydrogen-bond donors (Lipinski definition) is 1. The van der Waals surface area contributed by atoms with Gasteiger partial charge in [0.05, 0.1) is 6.61 Å². The summed E-state index contributed by atoms with van der Waals surface area (Å²) in [5.41, 5.74) is 7.93. The van der Waals surface area contributed by atoms with Crippen molar-refractivity contribution >= 4 is 11.6 Å². The van der Waals surface area contributed by atoms with Gasteiger partial charge in [-0.1, -0.05) is 11.6 Å². The molecular weight excluding hydrogens is 198 g/mol. The number of nitrogens with two attached hydrogens (primary N) is 1. The number of halogens is 1. The molecule has 0 amide bonds. The van der Waals surface area contributed by atoms with E-state index in [9.17, 15) is 0 Å². The molecular formula is C11H14ClNO. The molecule has 1 aromatic carbocycles. The molecule has 0 aliphatic carbocycles. The average Bonchev–Trinajstić information content (AvgIpc) is 2.16. The Morgan fingerprint density at radius 1 is 1.57 bits per heavy atom. The molecule has 1 aliphatic heterocycles. The predicted octanol–water partition coefficient (Wildman–Crippen LogP) is 2.16. The number of benzene rings is 1. The average molecular weight is 212 g/mol. The SMILES string of the molecule is Cc1cc(Cl)cc2c1OCC(CN)C2. The topological polar surface area (TPSA) is 35.2 Å². The summed E-state index contributed by atoms with van der Waals surface area (Å²) in [4.78, 5) is 0. The summed E-state index contributed by atoms with van der Waals surface area (Å²) in [6.45, 7) is 3.42. The van der Waals surface area contributed by atoms with Crippen LogP contribution in [0.5, 0.6) is 5.75 Å². The van der Waals surface area contributed by atoms with Gasteiger partial charge in [-0.15, -0.1) is 0 Å². The molecule has 2 N–H and O–H groups in total. The van der Waals surface area contributed by atoms with Gasteiger partial charge in [0.2, 0.25) is 0 Å². The fourth-order valence-corrected chi connectivity index (χ4v) is 2.18. The third-order valence-corrected chi connectivity index (χ3v) is 2.84. The van der Waals surface area contributed by atoms with E-state index in [-0.39, 0.29) is 0 Å². The highest BCUT2D eigenvalue weighted by Crippen LogP contribution is 2.32. The molecule has 1 heterocycles. The van der Waals surface area contributed by atoms with E-state index in [0.717, 1.165) is 29.4 Å². The van der Waals surface area contributed by atoms with Gasteiger partial charge in [-0.2, -0.15) is 0 Å². The molecule has 0 spiro atoms. The van der Waals surface area contributed by atoms with E-state index in [2.05, 4.69) is 0 Å². The van der Waals surface area contributed by atoms with Gasteiger partial charge in [0.15, 0.2) is 0 Å². The summed E-state index contributed by atoms with van der Waals surface area (Å²) >= 11 is 5.99. The number of ether oxygens (including phenoxy) is 1. The van der Waals surface area contributed by atoms with Gasteiger partial charge in [-0.3, -0.25) is 0 Å². The van der Waals surface area contributed by atoms with Crippen molar-refractivity contribution in [1.29, 1.82) is 0 Å². The molecule has 0 bridgehead atoms. The fraction of sp³-hybridized carbons (Fsp3) is 0.455. The Balaban J connectivity index is 2.37. The second-order valence-corrected chi connectivity index (χ2v) is 4.26. The number of rotatable bonds is 1. The lowest BCUT2D eigenvalue weighted by molar-refractivity contribution is 0.225. The van der Waals surface area contributed by atoms with Crippen molar-refractivity contribution in [2.75, 3.05) is 13.2 Å². The monoisotopic (exact) mass is 211 g/mol. The van der Waals surface area contributed by atoms with E-state index < -0.39 is 0 Å². The van der Waals surface area contributed by atoms with E-state index in [1.807, 2.05) is 19.1 Å². The van der Waals surface area contributed by atoms with Gasteiger partial charge >= 0.3 is 0 Å². The molecule has 1 atom stereocenters. The normalized spacial score (nSPS) is 20.1. The molecule has 1 aliphatic rings. The smallest absolute Gasteiger partial charge is 0.125 e. The van der Waals surface area contributed by atoms with Crippen LogP contribution in [0.1, 0.15) is 11.1 Å². The summed E-state index contributed by atoms with van der Waals surface area (Å²) in [5, 5.41) is 0.780. The van der Waals surface area contributed by atoms with Crippen LogP contribution in [-0.2, 0) is 6.42 Å². The van der Waals surface area contributed by atoms with Crippen LogP contribution >= 0.6 is 11.6 Å². The first kappa shape index (κ1) is 9.81. The summed E-state index contributed by atoms with van der Waals surface area (Å²) in [6.07, 6.45) is 0.979. The lowest BCUT2D eigenvalue weighted by Crippen LogP contribution is -2.27. The van der Waals surface area contributed by atoms with Crippen LogP contribution in [-0.4, -0.2) is 13.2 Å². The molecule has 1 unspecified atom stereocenters. The first-order chi connectivity index (χ1) is 6.70. The lowest BCUT2D eigenvalue weighted by Gasteiger charge is -2.25. The maximum atomic E-state index is 5.99. The fourth-order valence-electron chi connectivity index (χ4n) is 1.88. The molecule has 0 saturated heterocycles. The molecule has 14 heavy (non-hydrogen) atoms. The largest absolute Gasteiger partial charge is 0.493 e. The first-order valence-corrected chi connectivity index (χ1v) is 5.20. The Kier molecular flexibility index (Phi) is 2.66. The van der Waals surface area contributed by atoms with Crippen LogP contribution in [0.15, 0.2) is 12.1 Å². The molecule has 1 aromatic rings. The summed E-state index contributed by atoms with van der Waals surface area (Å²) in [5.74, 6) is 1.43. The minimum absolute atomic E-state index is 0.431. The van der Waals surface area contributed by atoms with Crippen molar-refractivity contribution < 1.29 is 4.74 Å². The van der Waals surface area contributed by atoms with Crippen LogP contribution in [0.4, 0.5) is 0 Å². The van der Waals surface area contributed by atoms with Crippen molar-refractivity contribution in [3.05, 3.63) is 28.3 Å². The lowest BCUT2D eigenvalue weighted by atomic mass is 9.95. The summed E-state index contributed by atoms with van der Waals surface area (Å²) in [7, 11) is 0. The maximum Gasteiger partial charge on any atom is 0.125 e. The third kappa shape index (κ3) is 1.72. The predicted molar refractivity (Wildman–Crippen MR) is 57.9 cm³/mol. The van der Waals surface area contributed by atoms with Gasteiger partial charge in [-0.25, -0.2) is 0 Å². The van der Waals surface area contributed by atoms with Crippen molar-refractivity contribution in [2.24, 2.45) is 11.7 Å². The third-order valence-electron chi connectivity index (χ3n) is 2.62. The van der Waals surface area contributed by atoms with Gasteiger partial charge in [0.25, 0.3) is 0 Å². The standard InChI is InChI=1S/C11H14ClNO/c1-7-2-10(12)4-9-3-8(5-13)6-14-11(7)9/h2,4,8H,3,5-6,13H2,1H3. The van der Waals surface area contributed by atoms with Crippen molar-refractivity contribution in [3.8, 4) is 5.75 Å². The van der Waals surface area contributed by atoms with Crippen LogP contribution in [0.25, 0.3) is 0 Å². The highest BCUT2D eigenvalue weighted by Gasteiger charge is 2.20. The molecule has 2 rings (SSSR count). The minimum atomic E-state index is 0.431. The van der Waals surface area contributed by atoms with E-state index >= 15 is 0 Å². The zero-order valence-corrected chi connectivity index (χ0v) is 8.97.